The van der Waals surface area contributed by atoms with Crippen molar-refractivity contribution in [3.63, 3.8) is 0 Å². The lowest BCUT2D eigenvalue weighted by Gasteiger charge is -2.27. The smallest absolute Gasteiger partial charge is 0.325 e. The van der Waals surface area contributed by atoms with Gasteiger partial charge >= 0.3 is 12.0 Å². The molecule has 2 amide bonds. The van der Waals surface area contributed by atoms with Gasteiger partial charge in [-0.3, -0.25) is 9.69 Å². The third kappa shape index (κ3) is 2.61. The van der Waals surface area contributed by atoms with Crippen LogP contribution in [0.1, 0.15) is 18.4 Å². The molecule has 1 fully saturated rings. The molecule has 2 aliphatic rings. The quantitative estimate of drug-likeness (QED) is 0.913. The van der Waals surface area contributed by atoms with Crippen molar-refractivity contribution >= 4 is 17.7 Å². The summed E-state index contributed by atoms with van der Waals surface area (Å²) in [4.78, 5) is 26.7. The fourth-order valence-electron chi connectivity index (χ4n) is 2.69. The molecule has 5 nitrogen and oxygen atoms in total. The zero-order valence-corrected chi connectivity index (χ0v) is 11.3. The molecule has 0 aromatic heterocycles. The zero-order valence-electron chi connectivity index (χ0n) is 11.3. The van der Waals surface area contributed by atoms with Gasteiger partial charge < -0.3 is 10.0 Å². The van der Waals surface area contributed by atoms with Crippen molar-refractivity contribution in [2.75, 3.05) is 24.5 Å². The number of amides is 2. The Balaban J connectivity index is 1.77. The minimum atomic E-state index is -0.952. The number of aliphatic carboxylic acids is 1. The Morgan fingerprint density at radius 3 is 2.75 bits per heavy atom. The van der Waals surface area contributed by atoms with Gasteiger partial charge in [-0.1, -0.05) is 18.2 Å². The summed E-state index contributed by atoms with van der Waals surface area (Å²) in [6.45, 7) is 0.983. The van der Waals surface area contributed by atoms with Crippen LogP contribution in [0.25, 0.3) is 0 Å². The van der Waals surface area contributed by atoms with Crippen molar-refractivity contribution in [3.8, 4) is 0 Å². The lowest BCUT2D eigenvalue weighted by atomic mass is 10.2. The topological polar surface area (TPSA) is 60.9 Å². The Labute approximate surface area is 117 Å². The second-order valence-electron chi connectivity index (χ2n) is 5.53. The van der Waals surface area contributed by atoms with Crippen LogP contribution in [-0.2, 0) is 11.2 Å². The van der Waals surface area contributed by atoms with Crippen LogP contribution in [0, 0.1) is 5.92 Å². The maximum absolute atomic E-state index is 12.6. The predicted molar refractivity (Wildman–Crippen MR) is 74.8 cm³/mol. The van der Waals surface area contributed by atoms with Crippen molar-refractivity contribution in [1.29, 1.82) is 0 Å². The van der Waals surface area contributed by atoms with Crippen LogP contribution >= 0.6 is 0 Å². The van der Waals surface area contributed by atoms with Crippen molar-refractivity contribution < 1.29 is 14.7 Å². The minimum absolute atomic E-state index is 0.177. The second kappa shape index (κ2) is 5.15. The second-order valence-corrected chi connectivity index (χ2v) is 5.53. The van der Waals surface area contributed by atoms with Crippen molar-refractivity contribution in [2.24, 2.45) is 5.92 Å². The number of urea groups is 1. The first kappa shape index (κ1) is 13.0. The molecule has 0 bridgehead atoms. The van der Waals surface area contributed by atoms with Gasteiger partial charge in [-0.25, -0.2) is 4.79 Å². The number of hydrogen-bond donors (Lipinski definition) is 1. The van der Waals surface area contributed by atoms with Crippen LogP contribution in [0.3, 0.4) is 0 Å². The number of carbonyl (C=O) groups is 2. The van der Waals surface area contributed by atoms with Crippen LogP contribution in [-0.4, -0.2) is 41.6 Å². The molecule has 0 radical (unpaired) electrons. The number of carboxylic acids is 1. The highest BCUT2D eigenvalue weighted by atomic mass is 16.4. The zero-order chi connectivity index (χ0) is 14.1. The van der Waals surface area contributed by atoms with E-state index < -0.39 is 5.97 Å². The number of hydrogen-bond acceptors (Lipinski definition) is 2. The Hall–Kier alpha value is -2.04. The summed E-state index contributed by atoms with van der Waals surface area (Å²) in [5.41, 5.74) is 2.08. The lowest BCUT2D eigenvalue weighted by Crippen LogP contribution is -2.45. The van der Waals surface area contributed by atoms with Crippen LogP contribution < -0.4 is 4.90 Å². The highest BCUT2D eigenvalue weighted by Gasteiger charge is 2.33. The van der Waals surface area contributed by atoms with Crippen molar-refractivity contribution in [3.05, 3.63) is 29.8 Å². The van der Waals surface area contributed by atoms with E-state index in [9.17, 15) is 9.59 Å². The fraction of sp³-hybridized carbons (Fsp3) is 0.467. The maximum atomic E-state index is 12.6. The number of anilines is 1. The molecule has 0 saturated heterocycles. The Morgan fingerprint density at radius 2 is 2.05 bits per heavy atom. The van der Waals surface area contributed by atoms with Gasteiger partial charge in [0.1, 0.15) is 6.54 Å². The molecule has 106 valence electrons. The van der Waals surface area contributed by atoms with Gasteiger partial charge in [0, 0.05) is 18.8 Å². The van der Waals surface area contributed by atoms with E-state index in [4.69, 9.17) is 5.11 Å². The SMILES string of the molecule is O=C(O)CN(CC1CC1)C(=O)N1CCc2ccccc21. The number of nitrogens with zero attached hydrogens (tertiary/aromatic N) is 2. The summed E-state index contributed by atoms with van der Waals surface area (Å²) in [5, 5.41) is 8.99. The van der Waals surface area contributed by atoms with Crippen molar-refractivity contribution in [2.45, 2.75) is 19.3 Å². The minimum Gasteiger partial charge on any atom is -0.480 e. The summed E-state index contributed by atoms with van der Waals surface area (Å²) >= 11 is 0. The summed E-state index contributed by atoms with van der Waals surface area (Å²) in [5.74, 6) is -0.470. The Kier molecular flexibility index (Phi) is 3.34. The monoisotopic (exact) mass is 274 g/mol. The van der Waals surface area contributed by atoms with E-state index in [1.807, 2.05) is 24.3 Å². The lowest BCUT2D eigenvalue weighted by molar-refractivity contribution is -0.137. The molecule has 5 heteroatoms. The molecule has 1 aromatic rings. The molecular weight excluding hydrogens is 256 g/mol. The predicted octanol–water partition coefficient (Wildman–Crippen LogP) is 1.97. The summed E-state index contributed by atoms with van der Waals surface area (Å²) in [6.07, 6.45) is 3.03. The average molecular weight is 274 g/mol. The summed E-state index contributed by atoms with van der Waals surface area (Å²) in [6, 6.07) is 7.64. The molecule has 1 N–H and O–H groups in total. The van der Waals surface area contributed by atoms with Gasteiger partial charge in [0.05, 0.1) is 0 Å². The molecule has 20 heavy (non-hydrogen) atoms. The van der Waals surface area contributed by atoms with Gasteiger partial charge in [0.2, 0.25) is 0 Å². The van der Waals surface area contributed by atoms with Gasteiger partial charge in [0.25, 0.3) is 0 Å². The van der Waals surface area contributed by atoms with E-state index in [0.29, 0.717) is 19.0 Å². The molecular formula is C15H18N2O3. The summed E-state index contributed by atoms with van der Waals surface area (Å²) < 4.78 is 0. The van der Waals surface area contributed by atoms with Gasteiger partial charge in [0.15, 0.2) is 0 Å². The van der Waals surface area contributed by atoms with Crippen LogP contribution in [0.2, 0.25) is 0 Å². The van der Waals surface area contributed by atoms with Crippen molar-refractivity contribution in [1.82, 2.24) is 4.90 Å². The van der Waals surface area contributed by atoms with Crippen LogP contribution in [0.5, 0.6) is 0 Å². The standard InChI is InChI=1S/C15H18N2O3/c18-14(19)10-16(9-11-5-6-11)15(20)17-8-7-12-3-1-2-4-13(12)17/h1-4,11H,5-10H2,(H,18,19). The van der Waals surface area contributed by atoms with Crippen LogP contribution in [0.15, 0.2) is 24.3 Å². The van der Waals surface area contributed by atoms with Gasteiger partial charge in [-0.15, -0.1) is 0 Å². The van der Waals surface area contributed by atoms with E-state index in [2.05, 4.69) is 0 Å². The molecule has 3 rings (SSSR count). The number of para-hydroxylation sites is 1. The van der Waals surface area contributed by atoms with E-state index >= 15 is 0 Å². The molecule has 0 atom stereocenters. The van der Waals surface area contributed by atoms with Gasteiger partial charge in [-0.05, 0) is 36.8 Å². The van der Waals surface area contributed by atoms with Gasteiger partial charge in [-0.2, -0.15) is 0 Å². The number of fused-ring (bicyclic) bond motifs is 1. The third-order valence-electron chi connectivity index (χ3n) is 3.89. The molecule has 1 aliphatic carbocycles. The largest absolute Gasteiger partial charge is 0.480 e. The number of carboxylic acid groups (broad SMARTS) is 1. The van der Waals surface area contributed by atoms with E-state index in [1.54, 1.807) is 4.90 Å². The molecule has 1 aliphatic heterocycles. The molecule has 1 heterocycles. The first-order valence-electron chi connectivity index (χ1n) is 7.01. The van der Waals surface area contributed by atoms with E-state index in [-0.39, 0.29) is 12.6 Å². The normalized spacial score (nSPS) is 16.9. The number of benzene rings is 1. The molecule has 0 unspecified atom stereocenters. The first-order valence-corrected chi connectivity index (χ1v) is 7.01. The molecule has 0 spiro atoms. The molecule has 1 saturated carbocycles. The fourth-order valence-corrected chi connectivity index (χ4v) is 2.69. The highest BCUT2D eigenvalue weighted by Crippen LogP contribution is 2.32. The Bertz CT molecular complexity index is 540. The van der Waals surface area contributed by atoms with E-state index in [0.717, 1.165) is 30.5 Å². The summed E-state index contributed by atoms with van der Waals surface area (Å²) in [7, 11) is 0. The maximum Gasteiger partial charge on any atom is 0.325 e. The average Bonchev–Trinajstić information content (AvgIpc) is 3.14. The van der Waals surface area contributed by atoms with Crippen LogP contribution in [0.4, 0.5) is 10.5 Å². The highest BCUT2D eigenvalue weighted by molar-refractivity contribution is 5.95. The molecule has 1 aromatic carbocycles. The number of rotatable bonds is 4. The third-order valence-corrected chi connectivity index (χ3v) is 3.89. The first-order chi connectivity index (χ1) is 9.65. The Morgan fingerprint density at radius 1 is 1.30 bits per heavy atom. The number of carbonyl (C=O) groups excluding carboxylic acids is 1. The van der Waals surface area contributed by atoms with E-state index in [1.165, 1.54) is 4.90 Å².